The summed E-state index contributed by atoms with van der Waals surface area (Å²) in [5.41, 5.74) is 0.0879. The number of hydrogen-bond donors (Lipinski definition) is 0. The number of sulfonamides is 1. The van der Waals surface area contributed by atoms with E-state index in [0.717, 1.165) is 6.07 Å². The molecule has 20 heavy (non-hydrogen) atoms. The Labute approximate surface area is 126 Å². The molecule has 3 nitrogen and oxygen atoms in total. The van der Waals surface area contributed by atoms with Gasteiger partial charge in [0.2, 0.25) is 10.0 Å². The van der Waals surface area contributed by atoms with Crippen LogP contribution in [-0.2, 0) is 10.0 Å². The highest BCUT2D eigenvalue weighted by molar-refractivity contribution is 9.10. The van der Waals surface area contributed by atoms with Gasteiger partial charge in [0, 0.05) is 23.6 Å². The minimum absolute atomic E-state index is 0.0835. The fourth-order valence-corrected chi connectivity index (χ4v) is 4.79. The Morgan fingerprint density at radius 1 is 1.20 bits per heavy atom. The van der Waals surface area contributed by atoms with Crippen molar-refractivity contribution < 1.29 is 17.2 Å². The molecule has 1 aromatic carbocycles. The topological polar surface area (TPSA) is 37.4 Å². The molecule has 0 radical (unpaired) electrons. The first kappa shape index (κ1) is 15.9. The third-order valence-corrected chi connectivity index (χ3v) is 6.50. The smallest absolute Gasteiger partial charge is 0.207 e. The van der Waals surface area contributed by atoms with Gasteiger partial charge < -0.3 is 0 Å². The van der Waals surface area contributed by atoms with Crippen molar-refractivity contribution in [2.45, 2.75) is 31.6 Å². The number of hydrogen-bond acceptors (Lipinski definition) is 2. The zero-order valence-corrected chi connectivity index (χ0v) is 13.7. The molecule has 7 heteroatoms. The Hall–Kier alpha value is -0.530. The molecule has 1 aromatic rings. The van der Waals surface area contributed by atoms with Gasteiger partial charge in [0.25, 0.3) is 0 Å². The van der Waals surface area contributed by atoms with E-state index in [1.54, 1.807) is 0 Å². The van der Waals surface area contributed by atoms with Crippen LogP contribution in [-0.4, -0.2) is 25.8 Å². The average molecular weight is 368 g/mol. The van der Waals surface area contributed by atoms with Crippen molar-refractivity contribution in [1.29, 1.82) is 0 Å². The maximum atomic E-state index is 13.8. The second-order valence-corrected chi connectivity index (χ2v) is 8.50. The number of nitrogens with zero attached hydrogens (tertiary/aromatic N) is 1. The van der Waals surface area contributed by atoms with Gasteiger partial charge in [-0.15, -0.1) is 0 Å². The van der Waals surface area contributed by atoms with Crippen LogP contribution in [0.5, 0.6) is 0 Å². The molecular weight excluding hydrogens is 352 g/mol. The van der Waals surface area contributed by atoms with Crippen molar-refractivity contribution >= 4 is 26.0 Å². The molecule has 1 saturated heterocycles. The maximum Gasteiger partial charge on any atom is 0.247 e. The minimum atomic E-state index is -3.95. The second kappa shape index (κ2) is 5.35. The van der Waals surface area contributed by atoms with Crippen molar-refractivity contribution in [2.24, 2.45) is 5.41 Å². The van der Waals surface area contributed by atoms with E-state index in [1.165, 1.54) is 4.31 Å². The van der Waals surface area contributed by atoms with Crippen LogP contribution in [0.3, 0.4) is 0 Å². The highest BCUT2D eigenvalue weighted by Gasteiger charge is 2.35. The number of halogens is 3. The van der Waals surface area contributed by atoms with E-state index in [4.69, 9.17) is 0 Å². The summed E-state index contributed by atoms with van der Waals surface area (Å²) in [6, 6.07) is 1.55. The molecule has 0 bridgehead atoms. The van der Waals surface area contributed by atoms with Crippen LogP contribution in [0.1, 0.15) is 26.7 Å². The molecule has 0 spiro atoms. The lowest BCUT2D eigenvalue weighted by Gasteiger charge is -2.36. The summed E-state index contributed by atoms with van der Waals surface area (Å²) in [6.07, 6.45) is 1.43. The quantitative estimate of drug-likeness (QED) is 0.801. The first-order chi connectivity index (χ1) is 9.13. The van der Waals surface area contributed by atoms with Crippen molar-refractivity contribution in [3.05, 3.63) is 28.2 Å². The molecule has 0 aromatic heterocycles. The van der Waals surface area contributed by atoms with E-state index >= 15 is 0 Å². The minimum Gasteiger partial charge on any atom is -0.207 e. The molecule has 1 aliphatic rings. The molecule has 1 heterocycles. The number of piperidine rings is 1. The van der Waals surface area contributed by atoms with E-state index in [2.05, 4.69) is 29.8 Å². The zero-order chi connectivity index (χ0) is 15.1. The van der Waals surface area contributed by atoms with Crippen molar-refractivity contribution in [3.8, 4) is 0 Å². The van der Waals surface area contributed by atoms with Gasteiger partial charge in [0.05, 0.1) is 0 Å². The van der Waals surface area contributed by atoms with Gasteiger partial charge in [-0.2, -0.15) is 4.31 Å². The molecule has 2 rings (SSSR count). The molecule has 0 unspecified atom stereocenters. The molecule has 0 aliphatic carbocycles. The van der Waals surface area contributed by atoms with E-state index < -0.39 is 26.6 Å². The number of rotatable bonds is 2. The van der Waals surface area contributed by atoms with E-state index in [-0.39, 0.29) is 9.89 Å². The monoisotopic (exact) mass is 367 g/mol. The molecule has 0 amide bonds. The van der Waals surface area contributed by atoms with Crippen LogP contribution in [0.4, 0.5) is 8.78 Å². The van der Waals surface area contributed by atoms with Gasteiger partial charge in [-0.25, -0.2) is 17.2 Å². The lowest BCUT2D eigenvalue weighted by molar-refractivity contribution is 0.195. The largest absolute Gasteiger partial charge is 0.247 e. The van der Waals surface area contributed by atoms with Gasteiger partial charge in [0.1, 0.15) is 16.5 Å². The van der Waals surface area contributed by atoms with Crippen molar-refractivity contribution in [2.75, 3.05) is 13.1 Å². The Morgan fingerprint density at radius 2 is 1.75 bits per heavy atom. The van der Waals surface area contributed by atoms with Crippen LogP contribution in [0.2, 0.25) is 0 Å². The SMILES string of the molecule is CC1(C)CCN(S(=O)(=O)c2c(F)cc(F)cc2Br)CC1. The Kier molecular flexibility index (Phi) is 4.24. The van der Waals surface area contributed by atoms with Gasteiger partial charge in [-0.05, 0) is 40.3 Å². The van der Waals surface area contributed by atoms with Crippen LogP contribution >= 0.6 is 15.9 Å². The van der Waals surface area contributed by atoms with Gasteiger partial charge >= 0.3 is 0 Å². The molecule has 0 atom stereocenters. The van der Waals surface area contributed by atoms with Gasteiger partial charge in [-0.3, -0.25) is 0 Å². The van der Waals surface area contributed by atoms with Crippen LogP contribution in [0.15, 0.2) is 21.5 Å². The van der Waals surface area contributed by atoms with E-state index in [1.807, 2.05) is 0 Å². The molecule has 112 valence electrons. The lowest BCUT2D eigenvalue weighted by Crippen LogP contribution is -2.41. The van der Waals surface area contributed by atoms with Gasteiger partial charge in [-0.1, -0.05) is 13.8 Å². The third kappa shape index (κ3) is 3.04. The van der Waals surface area contributed by atoms with E-state index in [0.29, 0.717) is 32.0 Å². The van der Waals surface area contributed by atoms with Crippen molar-refractivity contribution in [3.63, 3.8) is 0 Å². The highest BCUT2D eigenvalue weighted by atomic mass is 79.9. The molecular formula is C13H16BrF2NO2S. The summed E-state index contributed by atoms with van der Waals surface area (Å²) >= 11 is 2.94. The second-order valence-electron chi connectivity index (χ2n) is 5.77. The summed E-state index contributed by atoms with van der Waals surface area (Å²) in [5.74, 6) is -1.88. The predicted molar refractivity (Wildman–Crippen MR) is 75.8 cm³/mol. The Morgan fingerprint density at radius 3 is 2.25 bits per heavy atom. The average Bonchev–Trinajstić information content (AvgIpc) is 2.26. The van der Waals surface area contributed by atoms with Crippen LogP contribution in [0.25, 0.3) is 0 Å². The van der Waals surface area contributed by atoms with Crippen LogP contribution in [0, 0.1) is 17.0 Å². The summed E-state index contributed by atoms with van der Waals surface area (Å²) < 4.78 is 53.0. The molecule has 0 saturated carbocycles. The normalized spacial score (nSPS) is 20.1. The van der Waals surface area contributed by atoms with Gasteiger partial charge in [0.15, 0.2) is 0 Å². The summed E-state index contributed by atoms with van der Waals surface area (Å²) in [4.78, 5) is -0.487. The first-order valence-corrected chi connectivity index (χ1v) is 8.51. The van der Waals surface area contributed by atoms with E-state index in [9.17, 15) is 17.2 Å². The standard InChI is InChI=1S/C13H16BrF2NO2S/c1-13(2)3-5-17(6-4-13)20(18,19)12-10(14)7-9(15)8-11(12)16/h7-8H,3-6H2,1-2H3. The first-order valence-electron chi connectivity index (χ1n) is 6.28. The predicted octanol–water partition coefficient (Wildman–Crippen LogP) is 3.54. The zero-order valence-electron chi connectivity index (χ0n) is 11.3. The Bertz CT molecular complexity index is 598. The number of benzene rings is 1. The fraction of sp³-hybridized carbons (Fsp3) is 0.538. The third-order valence-electron chi connectivity index (χ3n) is 3.64. The fourth-order valence-electron chi connectivity index (χ4n) is 2.24. The lowest BCUT2D eigenvalue weighted by atomic mass is 9.83. The molecule has 1 fully saturated rings. The van der Waals surface area contributed by atoms with Crippen molar-refractivity contribution in [1.82, 2.24) is 4.31 Å². The molecule has 0 N–H and O–H groups in total. The summed E-state index contributed by atoms with van der Waals surface area (Å²) in [5, 5.41) is 0. The maximum absolute atomic E-state index is 13.8. The Balaban J connectivity index is 2.37. The highest BCUT2D eigenvalue weighted by Crippen LogP contribution is 2.35. The van der Waals surface area contributed by atoms with Crippen LogP contribution < -0.4 is 0 Å². The molecule has 1 aliphatic heterocycles. The summed E-state index contributed by atoms with van der Waals surface area (Å²) in [6.45, 7) is 4.84. The summed E-state index contributed by atoms with van der Waals surface area (Å²) in [7, 11) is -3.95.